The zero-order chi connectivity index (χ0) is 15.4. The first kappa shape index (κ1) is 17.4. The van der Waals surface area contributed by atoms with Crippen LogP contribution in [-0.2, 0) is 14.3 Å². The lowest BCUT2D eigenvalue weighted by atomic mass is 9.81. The first-order chi connectivity index (χ1) is 9.23. The normalized spacial score (nSPS) is 34.7. The molecular weight excluding hydrogens is 264 g/mol. The smallest absolute Gasteiger partial charge is 0.335 e. The van der Waals surface area contributed by atoms with Crippen molar-refractivity contribution in [1.29, 1.82) is 0 Å². The highest BCUT2D eigenvalue weighted by Gasteiger charge is 2.47. The van der Waals surface area contributed by atoms with Crippen LogP contribution in [0.25, 0.3) is 0 Å². The summed E-state index contributed by atoms with van der Waals surface area (Å²) in [4.78, 5) is 11.2. The van der Waals surface area contributed by atoms with E-state index in [4.69, 9.17) is 14.6 Å². The average molecular weight is 290 g/mol. The van der Waals surface area contributed by atoms with Crippen LogP contribution in [0.4, 0.5) is 0 Å². The van der Waals surface area contributed by atoms with Gasteiger partial charge in [-0.15, -0.1) is 0 Å². The van der Waals surface area contributed by atoms with Crippen molar-refractivity contribution in [2.75, 3.05) is 6.61 Å². The van der Waals surface area contributed by atoms with Crippen molar-refractivity contribution in [2.24, 2.45) is 11.8 Å². The summed E-state index contributed by atoms with van der Waals surface area (Å²) in [6, 6.07) is 0. The van der Waals surface area contributed by atoms with Gasteiger partial charge in [0, 0.05) is 5.92 Å². The van der Waals surface area contributed by atoms with E-state index in [2.05, 4.69) is 0 Å². The predicted molar refractivity (Wildman–Crippen MR) is 72.3 cm³/mol. The lowest BCUT2D eigenvalue weighted by molar-refractivity contribution is -0.224. The monoisotopic (exact) mass is 290 g/mol. The van der Waals surface area contributed by atoms with Crippen LogP contribution in [0.1, 0.15) is 34.1 Å². The summed E-state index contributed by atoms with van der Waals surface area (Å²) in [5.74, 6) is -1.50. The number of hydrogen-bond acceptors (Lipinski definition) is 5. The van der Waals surface area contributed by atoms with Crippen molar-refractivity contribution in [1.82, 2.24) is 0 Å². The van der Waals surface area contributed by atoms with E-state index in [1.165, 1.54) is 0 Å². The number of carboxylic acids is 1. The lowest BCUT2D eigenvalue weighted by Gasteiger charge is -2.42. The minimum atomic E-state index is -1.32. The van der Waals surface area contributed by atoms with Crippen LogP contribution < -0.4 is 0 Å². The highest BCUT2D eigenvalue weighted by molar-refractivity contribution is 5.73. The molecule has 1 heterocycles. The molecule has 1 aliphatic rings. The summed E-state index contributed by atoms with van der Waals surface area (Å²) < 4.78 is 10.7. The molecule has 5 unspecified atom stereocenters. The Morgan fingerprint density at radius 2 is 1.80 bits per heavy atom. The highest BCUT2D eigenvalue weighted by Crippen LogP contribution is 2.31. The first-order valence-corrected chi connectivity index (χ1v) is 7.10. The number of carboxylic acid groups (broad SMARTS) is 1. The molecule has 1 aliphatic heterocycles. The van der Waals surface area contributed by atoms with Crippen molar-refractivity contribution in [3.05, 3.63) is 0 Å². The standard InChI is InChI=1S/C14H26O6/c1-7(2)5-9-11(15)10(6-19-8(3)4)20-13(12(9)16)14(17)18/h7-13,15-16H,5-6H2,1-4H3,(H,17,18). The lowest BCUT2D eigenvalue weighted by Crippen LogP contribution is -2.58. The van der Waals surface area contributed by atoms with Crippen LogP contribution in [0.3, 0.4) is 0 Å². The van der Waals surface area contributed by atoms with Gasteiger partial charge in [-0.25, -0.2) is 4.79 Å². The molecule has 1 saturated heterocycles. The van der Waals surface area contributed by atoms with Gasteiger partial charge in [0.25, 0.3) is 0 Å². The second-order valence-corrected chi connectivity index (χ2v) is 6.09. The molecule has 6 nitrogen and oxygen atoms in total. The van der Waals surface area contributed by atoms with Gasteiger partial charge in [-0.1, -0.05) is 13.8 Å². The first-order valence-electron chi connectivity index (χ1n) is 7.10. The second kappa shape index (κ2) is 7.36. The zero-order valence-electron chi connectivity index (χ0n) is 12.5. The Bertz CT molecular complexity index is 317. The molecule has 0 spiro atoms. The van der Waals surface area contributed by atoms with E-state index < -0.39 is 36.3 Å². The molecule has 0 aromatic rings. The number of aliphatic hydroxyl groups is 2. The number of aliphatic carboxylic acids is 1. The van der Waals surface area contributed by atoms with Gasteiger partial charge in [0.1, 0.15) is 6.10 Å². The molecule has 0 saturated carbocycles. The minimum absolute atomic E-state index is 0.0375. The third-order valence-electron chi connectivity index (χ3n) is 3.47. The molecule has 0 aromatic heterocycles. The molecule has 6 heteroatoms. The maximum atomic E-state index is 11.2. The predicted octanol–water partition coefficient (Wildman–Crippen LogP) is 0.647. The van der Waals surface area contributed by atoms with Crippen LogP contribution in [0.2, 0.25) is 0 Å². The van der Waals surface area contributed by atoms with Gasteiger partial charge in [-0.2, -0.15) is 0 Å². The maximum absolute atomic E-state index is 11.2. The third kappa shape index (κ3) is 4.41. The Morgan fingerprint density at radius 1 is 1.20 bits per heavy atom. The summed E-state index contributed by atoms with van der Waals surface area (Å²) >= 11 is 0. The van der Waals surface area contributed by atoms with E-state index >= 15 is 0 Å². The summed E-state index contributed by atoms with van der Waals surface area (Å²) in [5, 5.41) is 29.5. The fraction of sp³-hybridized carbons (Fsp3) is 0.929. The van der Waals surface area contributed by atoms with Crippen LogP contribution in [0, 0.1) is 11.8 Å². The summed E-state index contributed by atoms with van der Waals surface area (Å²) in [5.41, 5.74) is 0. The Kier molecular flexibility index (Phi) is 6.39. The van der Waals surface area contributed by atoms with Crippen LogP contribution >= 0.6 is 0 Å². The van der Waals surface area contributed by atoms with E-state index in [1.807, 2.05) is 27.7 Å². The SMILES string of the molecule is CC(C)CC1C(O)C(COC(C)C)OC(C(=O)O)C1O. The minimum Gasteiger partial charge on any atom is -0.479 e. The Balaban J connectivity index is 2.83. The van der Waals surface area contributed by atoms with Crippen LogP contribution in [0.5, 0.6) is 0 Å². The molecule has 1 rings (SSSR count). The number of aliphatic hydroxyl groups excluding tert-OH is 2. The van der Waals surface area contributed by atoms with Gasteiger partial charge in [-0.3, -0.25) is 0 Å². The maximum Gasteiger partial charge on any atom is 0.335 e. The molecule has 0 aromatic carbocycles. The molecule has 3 N–H and O–H groups in total. The molecule has 0 bridgehead atoms. The van der Waals surface area contributed by atoms with E-state index in [9.17, 15) is 15.0 Å². The average Bonchev–Trinajstić information content (AvgIpc) is 2.32. The van der Waals surface area contributed by atoms with Crippen LogP contribution in [-0.4, -0.2) is 58.4 Å². The molecule has 5 atom stereocenters. The van der Waals surface area contributed by atoms with Crippen molar-refractivity contribution in [2.45, 2.75) is 64.6 Å². The fourth-order valence-corrected chi connectivity index (χ4v) is 2.50. The number of ether oxygens (including phenoxy) is 2. The fourth-order valence-electron chi connectivity index (χ4n) is 2.50. The molecule has 0 radical (unpaired) electrons. The van der Waals surface area contributed by atoms with Crippen molar-refractivity contribution >= 4 is 5.97 Å². The topological polar surface area (TPSA) is 96.2 Å². The van der Waals surface area contributed by atoms with E-state index in [0.717, 1.165) is 0 Å². The molecule has 20 heavy (non-hydrogen) atoms. The molecular formula is C14H26O6. The van der Waals surface area contributed by atoms with Gasteiger partial charge in [0.2, 0.25) is 0 Å². The zero-order valence-corrected chi connectivity index (χ0v) is 12.5. The highest BCUT2D eigenvalue weighted by atomic mass is 16.6. The van der Waals surface area contributed by atoms with E-state index in [1.54, 1.807) is 0 Å². The van der Waals surface area contributed by atoms with Crippen LogP contribution in [0.15, 0.2) is 0 Å². The van der Waals surface area contributed by atoms with Crippen molar-refractivity contribution < 1.29 is 29.6 Å². The Hall–Kier alpha value is -0.690. The van der Waals surface area contributed by atoms with Gasteiger partial charge in [-0.05, 0) is 26.2 Å². The van der Waals surface area contributed by atoms with E-state index in [0.29, 0.717) is 6.42 Å². The van der Waals surface area contributed by atoms with Gasteiger partial charge < -0.3 is 24.8 Å². The summed E-state index contributed by atoms with van der Waals surface area (Å²) in [7, 11) is 0. The van der Waals surface area contributed by atoms with Gasteiger partial charge in [0.15, 0.2) is 6.10 Å². The summed E-state index contributed by atoms with van der Waals surface area (Å²) in [6.45, 7) is 7.74. The molecule has 118 valence electrons. The third-order valence-corrected chi connectivity index (χ3v) is 3.47. The Morgan fingerprint density at radius 3 is 2.25 bits per heavy atom. The van der Waals surface area contributed by atoms with E-state index in [-0.39, 0.29) is 18.6 Å². The van der Waals surface area contributed by atoms with Gasteiger partial charge in [0.05, 0.1) is 24.9 Å². The quantitative estimate of drug-likeness (QED) is 0.664. The molecule has 0 amide bonds. The second-order valence-electron chi connectivity index (χ2n) is 6.09. The van der Waals surface area contributed by atoms with Crippen molar-refractivity contribution in [3.63, 3.8) is 0 Å². The number of rotatable bonds is 6. The van der Waals surface area contributed by atoms with Gasteiger partial charge >= 0.3 is 5.97 Å². The Labute approximate surface area is 119 Å². The molecule has 0 aliphatic carbocycles. The number of carbonyl (C=O) groups is 1. The largest absolute Gasteiger partial charge is 0.479 e. The number of hydrogen-bond donors (Lipinski definition) is 3. The van der Waals surface area contributed by atoms with Crippen molar-refractivity contribution in [3.8, 4) is 0 Å². The summed E-state index contributed by atoms with van der Waals surface area (Å²) in [6.07, 6.45) is -3.69. The molecule has 1 fully saturated rings.